The van der Waals surface area contributed by atoms with E-state index in [1.54, 1.807) is 36.4 Å². The second-order valence-corrected chi connectivity index (χ2v) is 4.94. The van der Waals surface area contributed by atoms with Gasteiger partial charge in [0.2, 0.25) is 0 Å². The van der Waals surface area contributed by atoms with Crippen LogP contribution in [0.3, 0.4) is 0 Å². The molecule has 108 valence electrons. The number of rotatable bonds is 3. The van der Waals surface area contributed by atoms with Crippen LogP contribution in [-0.4, -0.2) is 26.1 Å². The lowest BCUT2D eigenvalue weighted by Gasteiger charge is -2.18. The fourth-order valence-electron chi connectivity index (χ4n) is 2.16. The molecular formula is C16H13ClO4. The number of hydrogen-bond acceptors (Lipinski definition) is 4. The van der Waals surface area contributed by atoms with Crippen molar-refractivity contribution in [2.24, 2.45) is 0 Å². The predicted octanol–water partition coefficient (Wildman–Crippen LogP) is 3.35. The normalized spacial score (nSPS) is 12.9. The quantitative estimate of drug-likeness (QED) is 0.816. The summed E-state index contributed by atoms with van der Waals surface area (Å²) in [5.74, 6) is 1.66. The summed E-state index contributed by atoms with van der Waals surface area (Å²) >= 11 is 6.05. The molecule has 21 heavy (non-hydrogen) atoms. The summed E-state index contributed by atoms with van der Waals surface area (Å²) in [6, 6.07) is 10.1. The first-order valence-electron chi connectivity index (χ1n) is 6.47. The van der Waals surface area contributed by atoms with Crippen molar-refractivity contribution in [1.82, 2.24) is 0 Å². The summed E-state index contributed by atoms with van der Waals surface area (Å²) in [5.41, 5.74) is 1.03. The number of carbonyl (C=O) groups excluding carboxylic acids is 1. The molecule has 0 spiro atoms. The Balaban J connectivity index is 1.93. The summed E-state index contributed by atoms with van der Waals surface area (Å²) in [4.78, 5) is 12.5. The van der Waals surface area contributed by atoms with Gasteiger partial charge in [-0.15, -0.1) is 0 Å². The largest absolute Gasteiger partial charge is 0.495 e. The minimum absolute atomic E-state index is 0.128. The lowest BCUT2D eigenvalue weighted by molar-refractivity contribution is 0.103. The lowest BCUT2D eigenvalue weighted by atomic mass is 10.0. The Hall–Kier alpha value is -2.20. The summed E-state index contributed by atoms with van der Waals surface area (Å²) in [6.07, 6.45) is 0. The Morgan fingerprint density at radius 1 is 1.05 bits per heavy atom. The molecule has 1 heterocycles. The summed E-state index contributed by atoms with van der Waals surface area (Å²) < 4.78 is 16.0. The molecule has 3 rings (SSSR count). The zero-order chi connectivity index (χ0) is 14.8. The van der Waals surface area contributed by atoms with Crippen LogP contribution in [0.2, 0.25) is 5.02 Å². The van der Waals surface area contributed by atoms with Crippen molar-refractivity contribution in [3.8, 4) is 17.2 Å². The van der Waals surface area contributed by atoms with E-state index in [0.717, 1.165) is 0 Å². The maximum Gasteiger partial charge on any atom is 0.193 e. The fraction of sp³-hybridized carbons (Fsp3) is 0.188. The number of hydrogen-bond donors (Lipinski definition) is 0. The number of halogens is 1. The Morgan fingerprint density at radius 2 is 1.71 bits per heavy atom. The Bertz CT molecular complexity index is 697. The number of methoxy groups -OCH3 is 1. The van der Waals surface area contributed by atoms with Gasteiger partial charge in [-0.25, -0.2) is 0 Å². The van der Waals surface area contributed by atoms with E-state index >= 15 is 0 Å². The minimum Gasteiger partial charge on any atom is -0.495 e. The van der Waals surface area contributed by atoms with Gasteiger partial charge in [0.25, 0.3) is 0 Å². The standard InChI is InChI=1S/C16H13ClO4/c1-19-13-4-2-10(8-12(13)17)16(18)11-3-5-14-15(9-11)21-7-6-20-14/h2-5,8-9H,6-7H2,1H3. The Morgan fingerprint density at radius 3 is 2.43 bits per heavy atom. The van der Waals surface area contributed by atoms with Crippen LogP contribution in [0, 0.1) is 0 Å². The summed E-state index contributed by atoms with van der Waals surface area (Å²) in [6.45, 7) is 1.01. The highest BCUT2D eigenvalue weighted by atomic mass is 35.5. The average molecular weight is 305 g/mol. The molecule has 0 atom stereocenters. The van der Waals surface area contributed by atoms with Crippen molar-refractivity contribution in [2.45, 2.75) is 0 Å². The Kier molecular flexibility index (Phi) is 3.71. The molecule has 0 saturated heterocycles. The first-order chi connectivity index (χ1) is 10.2. The molecule has 2 aromatic carbocycles. The van der Waals surface area contributed by atoms with Gasteiger partial charge in [0.1, 0.15) is 19.0 Å². The third-order valence-electron chi connectivity index (χ3n) is 3.22. The molecule has 0 aliphatic carbocycles. The van der Waals surface area contributed by atoms with Gasteiger partial charge in [-0.05, 0) is 36.4 Å². The third kappa shape index (κ3) is 2.67. The molecule has 0 aromatic heterocycles. The second kappa shape index (κ2) is 5.66. The van der Waals surface area contributed by atoms with Crippen LogP contribution >= 0.6 is 11.6 Å². The number of ether oxygens (including phenoxy) is 3. The number of fused-ring (bicyclic) bond motifs is 1. The SMILES string of the molecule is COc1ccc(C(=O)c2ccc3c(c2)OCCO3)cc1Cl. The molecule has 0 saturated carbocycles. The van der Waals surface area contributed by atoms with Crippen LogP contribution in [0.5, 0.6) is 17.2 Å². The van der Waals surface area contributed by atoms with E-state index in [1.807, 2.05) is 0 Å². The molecular weight excluding hydrogens is 292 g/mol. The Labute approximate surface area is 127 Å². The zero-order valence-electron chi connectivity index (χ0n) is 11.4. The molecule has 2 aromatic rings. The highest BCUT2D eigenvalue weighted by Crippen LogP contribution is 2.32. The minimum atomic E-state index is -0.128. The smallest absolute Gasteiger partial charge is 0.193 e. The van der Waals surface area contributed by atoms with E-state index < -0.39 is 0 Å². The van der Waals surface area contributed by atoms with E-state index in [0.29, 0.717) is 46.6 Å². The van der Waals surface area contributed by atoms with E-state index in [2.05, 4.69) is 0 Å². The molecule has 0 fully saturated rings. The van der Waals surface area contributed by atoms with Crippen molar-refractivity contribution >= 4 is 17.4 Å². The lowest BCUT2D eigenvalue weighted by Crippen LogP contribution is -2.15. The number of carbonyl (C=O) groups is 1. The van der Waals surface area contributed by atoms with Crippen LogP contribution < -0.4 is 14.2 Å². The predicted molar refractivity (Wildman–Crippen MR) is 78.9 cm³/mol. The maximum absolute atomic E-state index is 12.5. The molecule has 0 bridgehead atoms. The molecule has 1 aliphatic rings. The topological polar surface area (TPSA) is 44.8 Å². The molecule has 5 heteroatoms. The van der Waals surface area contributed by atoms with Crippen molar-refractivity contribution < 1.29 is 19.0 Å². The van der Waals surface area contributed by atoms with E-state index in [-0.39, 0.29) is 5.78 Å². The molecule has 0 unspecified atom stereocenters. The molecule has 0 N–H and O–H groups in total. The first-order valence-corrected chi connectivity index (χ1v) is 6.85. The average Bonchev–Trinajstić information content (AvgIpc) is 2.53. The van der Waals surface area contributed by atoms with Crippen molar-refractivity contribution in [1.29, 1.82) is 0 Å². The van der Waals surface area contributed by atoms with Crippen molar-refractivity contribution in [3.05, 3.63) is 52.5 Å². The number of benzene rings is 2. The van der Waals surface area contributed by atoms with E-state index in [4.69, 9.17) is 25.8 Å². The van der Waals surface area contributed by atoms with E-state index in [9.17, 15) is 4.79 Å². The molecule has 0 radical (unpaired) electrons. The number of ketones is 1. The second-order valence-electron chi connectivity index (χ2n) is 4.54. The maximum atomic E-state index is 12.5. The van der Waals surface area contributed by atoms with Crippen LogP contribution in [0.1, 0.15) is 15.9 Å². The fourth-order valence-corrected chi connectivity index (χ4v) is 2.42. The summed E-state index contributed by atoms with van der Waals surface area (Å²) in [7, 11) is 1.53. The van der Waals surface area contributed by atoms with Gasteiger partial charge in [-0.1, -0.05) is 11.6 Å². The van der Waals surface area contributed by atoms with Gasteiger partial charge >= 0.3 is 0 Å². The third-order valence-corrected chi connectivity index (χ3v) is 3.51. The van der Waals surface area contributed by atoms with Gasteiger partial charge in [-0.2, -0.15) is 0 Å². The first kappa shape index (κ1) is 13.8. The van der Waals surface area contributed by atoms with Gasteiger partial charge in [-0.3, -0.25) is 4.79 Å². The van der Waals surface area contributed by atoms with Gasteiger partial charge in [0, 0.05) is 11.1 Å². The molecule has 4 nitrogen and oxygen atoms in total. The zero-order valence-corrected chi connectivity index (χ0v) is 12.1. The van der Waals surface area contributed by atoms with Crippen LogP contribution in [0.4, 0.5) is 0 Å². The molecule has 1 aliphatic heterocycles. The van der Waals surface area contributed by atoms with Crippen LogP contribution in [0.25, 0.3) is 0 Å². The highest BCUT2D eigenvalue weighted by Gasteiger charge is 2.17. The van der Waals surface area contributed by atoms with Gasteiger partial charge in [0.15, 0.2) is 17.3 Å². The van der Waals surface area contributed by atoms with Gasteiger partial charge in [0.05, 0.1) is 12.1 Å². The van der Waals surface area contributed by atoms with Gasteiger partial charge < -0.3 is 14.2 Å². The monoisotopic (exact) mass is 304 g/mol. The molecule has 0 amide bonds. The van der Waals surface area contributed by atoms with Crippen LogP contribution in [-0.2, 0) is 0 Å². The highest BCUT2D eigenvalue weighted by molar-refractivity contribution is 6.32. The van der Waals surface area contributed by atoms with Crippen molar-refractivity contribution in [3.63, 3.8) is 0 Å². The van der Waals surface area contributed by atoms with Crippen LogP contribution in [0.15, 0.2) is 36.4 Å². The summed E-state index contributed by atoms with van der Waals surface area (Å²) in [5, 5.41) is 0.404. The van der Waals surface area contributed by atoms with Crippen molar-refractivity contribution in [2.75, 3.05) is 20.3 Å². The van der Waals surface area contributed by atoms with E-state index in [1.165, 1.54) is 7.11 Å².